The van der Waals surface area contributed by atoms with Crippen LogP contribution in [-0.2, 0) is 6.54 Å². The summed E-state index contributed by atoms with van der Waals surface area (Å²) in [4.78, 5) is 2.19. The van der Waals surface area contributed by atoms with Crippen LogP contribution in [-0.4, -0.2) is 45.8 Å². The number of hydrogen-bond acceptors (Lipinski definition) is 4. The highest BCUT2D eigenvalue weighted by atomic mass is 79.9. The molecule has 0 saturated carbocycles. The third kappa shape index (κ3) is 8.44. The van der Waals surface area contributed by atoms with Crippen molar-refractivity contribution in [3.05, 3.63) is 22.2 Å². The molecule has 130 valence electrons. The molecule has 0 bridgehead atoms. The van der Waals surface area contributed by atoms with E-state index in [4.69, 9.17) is 9.47 Å². The van der Waals surface area contributed by atoms with Gasteiger partial charge in [-0.25, -0.2) is 0 Å². The van der Waals surface area contributed by atoms with Gasteiger partial charge in [-0.15, -0.1) is 24.8 Å². The highest BCUT2D eigenvalue weighted by Gasteiger charge is 2.10. The lowest BCUT2D eigenvalue weighted by Gasteiger charge is -2.14. The highest BCUT2D eigenvalue weighted by molar-refractivity contribution is 9.10. The molecule has 7 heteroatoms. The summed E-state index contributed by atoms with van der Waals surface area (Å²) in [6.07, 6.45) is 1.14. The Morgan fingerprint density at radius 3 is 2.45 bits per heavy atom. The first-order valence-corrected chi connectivity index (χ1v) is 7.72. The topological polar surface area (TPSA) is 33.7 Å². The molecule has 1 aromatic carbocycles. The molecule has 22 heavy (non-hydrogen) atoms. The molecular formula is C15H27BrCl2N2O2. The molecule has 0 spiro atoms. The van der Waals surface area contributed by atoms with Crippen LogP contribution in [0.4, 0.5) is 0 Å². The summed E-state index contributed by atoms with van der Waals surface area (Å²) in [7, 11) is 5.85. The number of rotatable bonds is 9. The monoisotopic (exact) mass is 416 g/mol. The molecule has 1 rings (SSSR count). The van der Waals surface area contributed by atoms with Crippen molar-refractivity contribution < 1.29 is 9.47 Å². The van der Waals surface area contributed by atoms with E-state index >= 15 is 0 Å². The van der Waals surface area contributed by atoms with Crippen LogP contribution in [0.1, 0.15) is 18.9 Å². The van der Waals surface area contributed by atoms with Crippen molar-refractivity contribution in [3.63, 3.8) is 0 Å². The van der Waals surface area contributed by atoms with Crippen LogP contribution in [0.25, 0.3) is 0 Å². The zero-order chi connectivity index (χ0) is 15.0. The van der Waals surface area contributed by atoms with Gasteiger partial charge < -0.3 is 19.7 Å². The molecule has 0 aliphatic carbocycles. The SMILES string of the molecule is CCOc1c(Br)cc(CNCCCN(C)C)cc1OC.Cl.Cl. The number of ether oxygens (including phenoxy) is 2. The molecule has 0 atom stereocenters. The first-order chi connectivity index (χ1) is 9.58. The quantitative estimate of drug-likeness (QED) is 0.620. The van der Waals surface area contributed by atoms with Crippen molar-refractivity contribution in [3.8, 4) is 11.5 Å². The second kappa shape index (κ2) is 13.3. The Labute approximate surface area is 154 Å². The van der Waals surface area contributed by atoms with Crippen LogP contribution in [0.5, 0.6) is 11.5 Å². The second-order valence-electron chi connectivity index (χ2n) is 4.88. The highest BCUT2D eigenvalue weighted by Crippen LogP contribution is 2.36. The van der Waals surface area contributed by atoms with Gasteiger partial charge in [0.15, 0.2) is 11.5 Å². The Bertz CT molecular complexity index is 421. The van der Waals surface area contributed by atoms with E-state index in [9.17, 15) is 0 Å². The molecule has 0 aliphatic rings. The van der Waals surface area contributed by atoms with Gasteiger partial charge in [0, 0.05) is 6.54 Å². The summed E-state index contributed by atoms with van der Waals surface area (Å²) in [5.74, 6) is 1.54. The first kappa shape index (κ1) is 24.1. The number of nitrogens with one attached hydrogen (secondary N) is 1. The Balaban J connectivity index is 0. The molecule has 4 nitrogen and oxygen atoms in total. The van der Waals surface area contributed by atoms with Gasteiger partial charge in [0.1, 0.15) is 0 Å². The van der Waals surface area contributed by atoms with Crippen LogP contribution in [0, 0.1) is 0 Å². The molecule has 0 fully saturated rings. The van der Waals surface area contributed by atoms with Crippen LogP contribution >= 0.6 is 40.7 Å². The maximum atomic E-state index is 5.59. The molecular weight excluding hydrogens is 391 g/mol. The largest absolute Gasteiger partial charge is 0.493 e. The van der Waals surface area contributed by atoms with E-state index in [-0.39, 0.29) is 24.8 Å². The predicted molar refractivity (Wildman–Crippen MR) is 101 cm³/mol. The van der Waals surface area contributed by atoms with Gasteiger partial charge in [0.2, 0.25) is 0 Å². The summed E-state index contributed by atoms with van der Waals surface area (Å²) < 4.78 is 11.9. The minimum atomic E-state index is 0. The van der Waals surface area contributed by atoms with E-state index in [1.807, 2.05) is 13.0 Å². The fourth-order valence-electron chi connectivity index (χ4n) is 1.91. The minimum absolute atomic E-state index is 0. The lowest BCUT2D eigenvalue weighted by atomic mass is 10.2. The molecule has 0 saturated heterocycles. The van der Waals surface area contributed by atoms with Crippen molar-refractivity contribution in [2.45, 2.75) is 19.9 Å². The van der Waals surface area contributed by atoms with Gasteiger partial charge >= 0.3 is 0 Å². The van der Waals surface area contributed by atoms with E-state index in [0.717, 1.165) is 42.0 Å². The van der Waals surface area contributed by atoms with Gasteiger partial charge in [-0.1, -0.05) is 0 Å². The predicted octanol–water partition coefficient (Wildman–Crippen LogP) is 3.74. The summed E-state index contributed by atoms with van der Waals surface area (Å²) >= 11 is 3.54. The average Bonchev–Trinajstić information content (AvgIpc) is 2.40. The molecule has 0 radical (unpaired) electrons. The number of benzene rings is 1. The maximum Gasteiger partial charge on any atom is 0.175 e. The number of nitrogens with zero attached hydrogens (tertiary/aromatic N) is 1. The van der Waals surface area contributed by atoms with Gasteiger partial charge in [0.05, 0.1) is 18.2 Å². The summed E-state index contributed by atoms with van der Waals surface area (Å²) in [5.41, 5.74) is 1.18. The van der Waals surface area contributed by atoms with Crippen LogP contribution in [0.15, 0.2) is 16.6 Å². The van der Waals surface area contributed by atoms with Crippen molar-refractivity contribution in [1.82, 2.24) is 10.2 Å². The summed E-state index contributed by atoms with van der Waals surface area (Å²) in [5, 5.41) is 3.44. The van der Waals surface area contributed by atoms with Crippen molar-refractivity contribution in [1.29, 1.82) is 0 Å². The second-order valence-corrected chi connectivity index (χ2v) is 5.73. The maximum absolute atomic E-state index is 5.59. The van der Waals surface area contributed by atoms with E-state index in [0.29, 0.717) is 6.61 Å². The zero-order valence-electron chi connectivity index (χ0n) is 13.6. The Morgan fingerprint density at radius 1 is 1.23 bits per heavy atom. The molecule has 0 heterocycles. The van der Waals surface area contributed by atoms with Gasteiger partial charge in [-0.3, -0.25) is 0 Å². The van der Waals surface area contributed by atoms with Crippen LogP contribution < -0.4 is 14.8 Å². The zero-order valence-corrected chi connectivity index (χ0v) is 16.9. The summed E-state index contributed by atoms with van der Waals surface area (Å²) in [6.45, 7) is 5.52. The number of halogens is 3. The lowest BCUT2D eigenvalue weighted by molar-refractivity contribution is 0.308. The molecule has 0 unspecified atom stereocenters. The van der Waals surface area contributed by atoms with E-state index in [2.05, 4.69) is 46.3 Å². The minimum Gasteiger partial charge on any atom is -0.493 e. The fraction of sp³-hybridized carbons (Fsp3) is 0.600. The van der Waals surface area contributed by atoms with Crippen molar-refractivity contribution >= 4 is 40.7 Å². The van der Waals surface area contributed by atoms with Crippen LogP contribution in [0.2, 0.25) is 0 Å². The van der Waals surface area contributed by atoms with Crippen molar-refractivity contribution in [2.75, 3.05) is 40.9 Å². The Kier molecular flexibility index (Phi) is 14.5. The van der Waals surface area contributed by atoms with Crippen LogP contribution in [0.3, 0.4) is 0 Å². The van der Waals surface area contributed by atoms with Crippen molar-refractivity contribution in [2.24, 2.45) is 0 Å². The number of hydrogen-bond donors (Lipinski definition) is 1. The van der Waals surface area contributed by atoms with E-state index in [1.165, 1.54) is 5.56 Å². The standard InChI is InChI=1S/C15H25BrN2O2.2ClH/c1-5-20-15-13(16)9-12(10-14(15)19-4)11-17-7-6-8-18(2)3;;/h9-10,17H,5-8,11H2,1-4H3;2*1H. The molecule has 0 aliphatic heterocycles. The first-order valence-electron chi connectivity index (χ1n) is 6.93. The normalized spacial score (nSPS) is 9.91. The molecule has 0 aromatic heterocycles. The Hall–Kier alpha value is -0.200. The van der Waals surface area contributed by atoms with Gasteiger partial charge in [-0.05, 0) is 74.2 Å². The third-order valence-electron chi connectivity index (χ3n) is 2.87. The Morgan fingerprint density at radius 2 is 1.91 bits per heavy atom. The van der Waals surface area contributed by atoms with Gasteiger partial charge in [0.25, 0.3) is 0 Å². The van der Waals surface area contributed by atoms with E-state index < -0.39 is 0 Å². The third-order valence-corrected chi connectivity index (χ3v) is 3.45. The van der Waals surface area contributed by atoms with E-state index in [1.54, 1.807) is 7.11 Å². The number of methoxy groups -OCH3 is 1. The summed E-state index contributed by atoms with van der Waals surface area (Å²) in [6, 6.07) is 4.10. The fourth-order valence-corrected chi connectivity index (χ4v) is 2.52. The average molecular weight is 418 g/mol. The smallest absolute Gasteiger partial charge is 0.175 e. The van der Waals surface area contributed by atoms with Gasteiger partial charge in [-0.2, -0.15) is 0 Å². The molecule has 1 aromatic rings. The molecule has 0 amide bonds. The molecule has 1 N–H and O–H groups in total. The lowest BCUT2D eigenvalue weighted by Crippen LogP contribution is -2.21.